The standard InChI is InChI=1S/C30H32N4O5/c1-6-32(7-2)20-15-16-22(25(18-20)38-9-4)30(28-21(29(35)39-30)12-11-17-31-28)27-19(5)33(8-3)23-13-10-14-24(26(23)27)34(36)37/h10-18H,6-9H2,1-5H3. The van der Waals surface area contributed by atoms with E-state index in [-0.39, 0.29) is 10.6 Å². The number of carbonyl (C=O) groups excluding carboxylic acids is 1. The minimum Gasteiger partial charge on any atom is -0.493 e. The van der Waals surface area contributed by atoms with Gasteiger partial charge in [-0.3, -0.25) is 15.1 Å². The smallest absolute Gasteiger partial charge is 0.341 e. The van der Waals surface area contributed by atoms with Crippen molar-refractivity contribution in [2.75, 3.05) is 24.6 Å². The Bertz CT molecular complexity index is 1590. The fourth-order valence-corrected chi connectivity index (χ4v) is 5.94. The monoisotopic (exact) mass is 528 g/mol. The number of non-ortho nitro benzene ring substituents is 1. The van der Waals surface area contributed by atoms with Gasteiger partial charge in [0.15, 0.2) is 0 Å². The summed E-state index contributed by atoms with van der Waals surface area (Å²) >= 11 is 0. The van der Waals surface area contributed by atoms with E-state index in [2.05, 4.69) is 23.7 Å². The second kappa shape index (κ2) is 10.1. The molecular weight excluding hydrogens is 496 g/mol. The zero-order valence-electron chi connectivity index (χ0n) is 22.9. The second-order valence-corrected chi connectivity index (χ2v) is 9.39. The predicted molar refractivity (Wildman–Crippen MR) is 150 cm³/mol. The highest BCUT2D eigenvalue weighted by Crippen LogP contribution is 2.54. The summed E-state index contributed by atoms with van der Waals surface area (Å²) < 4.78 is 14.6. The van der Waals surface area contributed by atoms with Crippen LogP contribution in [0.3, 0.4) is 0 Å². The Hall–Kier alpha value is -4.40. The van der Waals surface area contributed by atoms with Gasteiger partial charge in [0.25, 0.3) is 5.69 Å². The van der Waals surface area contributed by atoms with Gasteiger partial charge in [-0.1, -0.05) is 6.07 Å². The number of nitro groups is 1. The number of nitro benzene ring substituents is 1. The summed E-state index contributed by atoms with van der Waals surface area (Å²) in [7, 11) is 0. The van der Waals surface area contributed by atoms with Crippen LogP contribution in [-0.4, -0.2) is 40.1 Å². The maximum atomic E-state index is 13.5. The number of anilines is 1. The van der Waals surface area contributed by atoms with Crippen LogP contribution in [0.1, 0.15) is 60.6 Å². The number of aryl methyl sites for hydroxylation is 1. The minimum absolute atomic E-state index is 0.0599. The third kappa shape index (κ3) is 3.83. The molecule has 1 aliphatic rings. The van der Waals surface area contributed by atoms with Crippen molar-refractivity contribution in [3.63, 3.8) is 0 Å². The van der Waals surface area contributed by atoms with Crippen LogP contribution in [0.15, 0.2) is 54.7 Å². The van der Waals surface area contributed by atoms with Crippen molar-refractivity contribution in [3.8, 4) is 5.75 Å². The van der Waals surface area contributed by atoms with Gasteiger partial charge in [0, 0.05) is 60.5 Å². The fraction of sp³-hybridized carbons (Fsp3) is 0.333. The number of carbonyl (C=O) groups is 1. The molecule has 1 atom stereocenters. The van der Waals surface area contributed by atoms with Crippen molar-refractivity contribution in [2.24, 2.45) is 0 Å². The molecule has 9 heteroatoms. The lowest BCUT2D eigenvalue weighted by Crippen LogP contribution is -2.32. The average Bonchev–Trinajstić information content (AvgIpc) is 3.40. The van der Waals surface area contributed by atoms with Gasteiger partial charge < -0.3 is 18.9 Å². The van der Waals surface area contributed by atoms with Crippen molar-refractivity contribution in [1.82, 2.24) is 9.55 Å². The van der Waals surface area contributed by atoms with E-state index < -0.39 is 11.6 Å². The molecule has 2 aromatic heterocycles. The molecule has 0 bridgehead atoms. The Morgan fingerprint density at radius 1 is 1.10 bits per heavy atom. The molecule has 0 saturated carbocycles. The van der Waals surface area contributed by atoms with Gasteiger partial charge in [0.05, 0.1) is 28.0 Å². The second-order valence-electron chi connectivity index (χ2n) is 9.39. The highest BCUT2D eigenvalue weighted by atomic mass is 16.6. The van der Waals surface area contributed by atoms with E-state index in [1.165, 1.54) is 6.07 Å². The number of benzene rings is 2. The van der Waals surface area contributed by atoms with Crippen LogP contribution in [0.25, 0.3) is 10.9 Å². The maximum Gasteiger partial charge on any atom is 0.341 e. The highest BCUT2D eigenvalue weighted by Gasteiger charge is 2.54. The van der Waals surface area contributed by atoms with Gasteiger partial charge in [-0.2, -0.15) is 0 Å². The number of pyridine rings is 1. The molecular formula is C30H32N4O5. The molecule has 0 N–H and O–H groups in total. The van der Waals surface area contributed by atoms with Gasteiger partial charge in [0.2, 0.25) is 5.60 Å². The van der Waals surface area contributed by atoms with E-state index in [9.17, 15) is 14.9 Å². The molecule has 0 aliphatic carbocycles. The van der Waals surface area contributed by atoms with E-state index in [0.29, 0.717) is 52.2 Å². The lowest BCUT2D eigenvalue weighted by molar-refractivity contribution is -0.383. The molecule has 0 spiro atoms. The molecule has 0 radical (unpaired) electrons. The molecule has 3 heterocycles. The van der Waals surface area contributed by atoms with Crippen molar-refractivity contribution in [1.29, 1.82) is 0 Å². The molecule has 0 fully saturated rings. The summed E-state index contributed by atoms with van der Waals surface area (Å²) in [5.41, 5.74) is 2.60. The summed E-state index contributed by atoms with van der Waals surface area (Å²) in [6.45, 7) is 12.5. The van der Waals surface area contributed by atoms with Crippen molar-refractivity contribution in [3.05, 3.63) is 92.9 Å². The summed E-state index contributed by atoms with van der Waals surface area (Å²) in [4.78, 5) is 32.3. The first-order valence-electron chi connectivity index (χ1n) is 13.3. The third-order valence-electron chi connectivity index (χ3n) is 7.57. The first-order valence-corrected chi connectivity index (χ1v) is 13.3. The Kier molecular flexibility index (Phi) is 6.76. The van der Waals surface area contributed by atoms with Crippen LogP contribution in [0.5, 0.6) is 5.75 Å². The molecule has 9 nitrogen and oxygen atoms in total. The van der Waals surface area contributed by atoms with Gasteiger partial charge >= 0.3 is 5.97 Å². The number of rotatable bonds is 9. The topological polar surface area (TPSA) is 99.7 Å². The largest absolute Gasteiger partial charge is 0.493 e. The lowest BCUT2D eigenvalue weighted by atomic mass is 9.80. The van der Waals surface area contributed by atoms with E-state index in [0.717, 1.165) is 24.5 Å². The Morgan fingerprint density at radius 2 is 1.87 bits per heavy atom. The van der Waals surface area contributed by atoms with E-state index in [4.69, 9.17) is 9.47 Å². The number of cyclic esters (lactones) is 1. The van der Waals surface area contributed by atoms with Crippen LogP contribution >= 0.6 is 0 Å². The van der Waals surface area contributed by atoms with Gasteiger partial charge in [-0.15, -0.1) is 0 Å². The number of esters is 1. The number of fused-ring (bicyclic) bond motifs is 2. The van der Waals surface area contributed by atoms with Crippen molar-refractivity contribution < 1.29 is 19.2 Å². The molecule has 5 rings (SSSR count). The number of nitrogens with zero attached hydrogens (tertiary/aromatic N) is 4. The molecule has 2 aromatic carbocycles. The van der Waals surface area contributed by atoms with Gasteiger partial charge in [0.1, 0.15) is 11.4 Å². The molecule has 4 aromatic rings. The van der Waals surface area contributed by atoms with Gasteiger partial charge in [-0.05, 0) is 65.0 Å². The zero-order valence-corrected chi connectivity index (χ0v) is 22.9. The van der Waals surface area contributed by atoms with Crippen molar-refractivity contribution in [2.45, 2.75) is 46.8 Å². The Labute approximate surface area is 227 Å². The van der Waals surface area contributed by atoms with Crippen LogP contribution in [0, 0.1) is 17.0 Å². The first kappa shape index (κ1) is 26.2. The Balaban J connectivity index is 1.97. The summed E-state index contributed by atoms with van der Waals surface area (Å²) in [5.74, 6) is -0.00710. The summed E-state index contributed by atoms with van der Waals surface area (Å²) in [6, 6.07) is 14.2. The molecule has 39 heavy (non-hydrogen) atoms. The lowest BCUT2D eigenvalue weighted by Gasteiger charge is -2.32. The minimum atomic E-state index is -1.56. The number of hydrogen-bond donors (Lipinski definition) is 0. The van der Waals surface area contributed by atoms with Crippen LogP contribution < -0.4 is 9.64 Å². The predicted octanol–water partition coefficient (Wildman–Crippen LogP) is 5.98. The summed E-state index contributed by atoms with van der Waals surface area (Å²) in [6.07, 6.45) is 1.61. The quantitative estimate of drug-likeness (QED) is 0.150. The average molecular weight is 529 g/mol. The highest BCUT2D eigenvalue weighted by molar-refractivity contribution is 6.00. The SMILES string of the molecule is CCOc1cc(N(CC)CC)ccc1C1(c2c(C)n(CC)c3cccc([N+](=O)[O-])c23)OC(=O)c2cccnc21. The zero-order chi connectivity index (χ0) is 27.9. The molecule has 1 unspecified atom stereocenters. The molecule has 0 amide bonds. The van der Waals surface area contributed by atoms with E-state index >= 15 is 0 Å². The van der Waals surface area contributed by atoms with Crippen LogP contribution in [0.2, 0.25) is 0 Å². The maximum absolute atomic E-state index is 13.5. The molecule has 0 saturated heterocycles. The fourth-order valence-electron chi connectivity index (χ4n) is 5.94. The first-order chi connectivity index (χ1) is 18.8. The van der Waals surface area contributed by atoms with Crippen molar-refractivity contribution >= 4 is 28.2 Å². The number of ether oxygens (including phenoxy) is 2. The molecule has 202 valence electrons. The Morgan fingerprint density at radius 3 is 2.54 bits per heavy atom. The van der Waals surface area contributed by atoms with Crippen LogP contribution in [-0.2, 0) is 16.9 Å². The number of aromatic nitrogens is 2. The van der Waals surface area contributed by atoms with Gasteiger partial charge in [-0.25, -0.2) is 4.79 Å². The normalized spacial score (nSPS) is 16.3. The van der Waals surface area contributed by atoms with E-state index in [1.54, 1.807) is 24.4 Å². The summed E-state index contributed by atoms with van der Waals surface area (Å²) in [5, 5.41) is 12.8. The molecule has 1 aliphatic heterocycles. The number of hydrogen-bond acceptors (Lipinski definition) is 7. The third-order valence-corrected chi connectivity index (χ3v) is 7.57. The van der Waals surface area contributed by atoms with Crippen LogP contribution in [0.4, 0.5) is 11.4 Å². The van der Waals surface area contributed by atoms with E-state index in [1.807, 2.05) is 49.6 Å².